The van der Waals surface area contributed by atoms with Gasteiger partial charge in [0.2, 0.25) is 11.8 Å². The lowest BCUT2D eigenvalue weighted by Crippen LogP contribution is -2.56. The van der Waals surface area contributed by atoms with Crippen LogP contribution >= 0.6 is 11.6 Å². The minimum Gasteiger partial charge on any atom is -0.492 e. The standard InChI is InChI=1S/C36H39ClFN3O5S/c1-5-46-33-14-10-9-13-31(33)41(47(44,45)30-21-17-28(37)18-22-30)25-34(42)40(24-27-15-19-29(38)20-16-27)32(35(43)39-36(2,3)4)23-26-11-7-6-8-12-26/h6-22,32H,5,23-25H2,1-4H3,(H,39,43). The Balaban J connectivity index is 1.85. The molecule has 0 fully saturated rings. The number of benzene rings is 4. The molecule has 11 heteroatoms. The maximum atomic E-state index is 14.6. The number of hydrogen-bond acceptors (Lipinski definition) is 5. The molecule has 0 aliphatic rings. The molecule has 4 rings (SSSR count). The highest BCUT2D eigenvalue weighted by molar-refractivity contribution is 7.92. The molecule has 1 atom stereocenters. The first-order chi connectivity index (χ1) is 22.3. The van der Waals surface area contributed by atoms with E-state index in [1.54, 1.807) is 31.2 Å². The van der Waals surface area contributed by atoms with Crippen LogP contribution in [0.25, 0.3) is 0 Å². The van der Waals surface area contributed by atoms with Gasteiger partial charge in [-0.2, -0.15) is 0 Å². The Morgan fingerprint density at radius 2 is 1.49 bits per heavy atom. The average Bonchev–Trinajstić information content (AvgIpc) is 3.02. The van der Waals surface area contributed by atoms with Gasteiger partial charge >= 0.3 is 0 Å². The number of rotatable bonds is 13. The average molecular weight is 680 g/mol. The molecule has 4 aromatic carbocycles. The van der Waals surface area contributed by atoms with Gasteiger partial charge in [0.25, 0.3) is 10.0 Å². The van der Waals surface area contributed by atoms with Crippen molar-refractivity contribution in [3.8, 4) is 5.75 Å². The summed E-state index contributed by atoms with van der Waals surface area (Å²) in [5.74, 6) is -1.26. The zero-order valence-electron chi connectivity index (χ0n) is 26.8. The Labute approximate surface area is 281 Å². The number of carbonyl (C=O) groups excluding carboxylic acids is 2. The number of sulfonamides is 1. The van der Waals surface area contributed by atoms with E-state index in [-0.39, 0.29) is 35.9 Å². The van der Waals surface area contributed by atoms with E-state index < -0.39 is 45.8 Å². The molecule has 4 aromatic rings. The van der Waals surface area contributed by atoms with E-state index in [1.807, 2.05) is 51.1 Å². The van der Waals surface area contributed by atoms with Crippen molar-refractivity contribution in [3.05, 3.63) is 125 Å². The summed E-state index contributed by atoms with van der Waals surface area (Å²) in [5, 5.41) is 3.33. The number of anilines is 1. The molecule has 2 amide bonds. The van der Waals surface area contributed by atoms with Crippen molar-refractivity contribution in [1.29, 1.82) is 0 Å². The summed E-state index contributed by atoms with van der Waals surface area (Å²) in [6, 6.07) is 26.0. The van der Waals surface area contributed by atoms with E-state index in [0.717, 1.165) is 9.87 Å². The molecule has 0 bridgehead atoms. The van der Waals surface area contributed by atoms with Crippen LogP contribution in [-0.2, 0) is 32.6 Å². The Bertz CT molecular complexity index is 1760. The van der Waals surface area contributed by atoms with Gasteiger partial charge in [0, 0.05) is 23.5 Å². The quantitative estimate of drug-likeness (QED) is 0.171. The summed E-state index contributed by atoms with van der Waals surface area (Å²) < 4.78 is 49.2. The van der Waals surface area contributed by atoms with Crippen molar-refractivity contribution in [2.24, 2.45) is 0 Å². The minimum absolute atomic E-state index is 0.0857. The Kier molecular flexibility index (Phi) is 11.7. The molecule has 0 saturated carbocycles. The van der Waals surface area contributed by atoms with E-state index in [0.29, 0.717) is 10.6 Å². The van der Waals surface area contributed by atoms with Crippen LogP contribution in [0.1, 0.15) is 38.8 Å². The third-order valence-corrected chi connectivity index (χ3v) is 9.18. The Morgan fingerprint density at radius 1 is 0.872 bits per heavy atom. The second-order valence-electron chi connectivity index (χ2n) is 12.0. The second-order valence-corrected chi connectivity index (χ2v) is 14.3. The molecule has 0 heterocycles. The molecule has 0 aromatic heterocycles. The molecule has 0 saturated heterocycles. The molecule has 8 nitrogen and oxygen atoms in total. The highest BCUT2D eigenvalue weighted by Gasteiger charge is 2.36. The van der Waals surface area contributed by atoms with Crippen LogP contribution in [-0.4, -0.2) is 49.9 Å². The summed E-state index contributed by atoms with van der Waals surface area (Å²) >= 11 is 6.06. The predicted octanol–water partition coefficient (Wildman–Crippen LogP) is 6.63. The van der Waals surface area contributed by atoms with E-state index in [1.165, 1.54) is 53.4 Å². The topological polar surface area (TPSA) is 96.0 Å². The molecule has 47 heavy (non-hydrogen) atoms. The van der Waals surface area contributed by atoms with Gasteiger partial charge in [0.05, 0.1) is 17.2 Å². The normalized spacial score (nSPS) is 12.2. The molecule has 0 aliphatic heterocycles. The van der Waals surface area contributed by atoms with Gasteiger partial charge in [0.1, 0.15) is 24.2 Å². The first kappa shape index (κ1) is 35.4. The zero-order chi connectivity index (χ0) is 34.2. The third kappa shape index (κ3) is 9.56. The fourth-order valence-electron chi connectivity index (χ4n) is 4.98. The largest absolute Gasteiger partial charge is 0.492 e. The van der Waals surface area contributed by atoms with Crippen LogP contribution in [0.3, 0.4) is 0 Å². The van der Waals surface area contributed by atoms with E-state index in [2.05, 4.69) is 5.32 Å². The molecule has 0 aliphatic carbocycles. The van der Waals surface area contributed by atoms with Crippen LogP contribution in [0.5, 0.6) is 5.75 Å². The van der Waals surface area contributed by atoms with Crippen LogP contribution in [0.15, 0.2) is 108 Å². The first-order valence-electron chi connectivity index (χ1n) is 15.2. The SMILES string of the molecule is CCOc1ccccc1N(CC(=O)N(Cc1ccc(F)cc1)C(Cc1ccccc1)C(=O)NC(C)(C)C)S(=O)(=O)c1ccc(Cl)cc1. The molecular formula is C36H39ClFN3O5S. The van der Waals surface area contributed by atoms with Crippen molar-refractivity contribution in [1.82, 2.24) is 10.2 Å². The Morgan fingerprint density at radius 3 is 2.11 bits per heavy atom. The zero-order valence-corrected chi connectivity index (χ0v) is 28.4. The van der Waals surface area contributed by atoms with Gasteiger partial charge in [-0.1, -0.05) is 66.2 Å². The smallest absolute Gasteiger partial charge is 0.264 e. The summed E-state index contributed by atoms with van der Waals surface area (Å²) in [5.41, 5.74) is 0.879. The van der Waals surface area contributed by atoms with Gasteiger partial charge in [-0.3, -0.25) is 13.9 Å². The molecule has 1 unspecified atom stereocenters. The van der Waals surface area contributed by atoms with Crippen LogP contribution in [0.4, 0.5) is 10.1 Å². The van der Waals surface area contributed by atoms with E-state index in [4.69, 9.17) is 16.3 Å². The second kappa shape index (κ2) is 15.5. The molecule has 248 valence electrons. The monoisotopic (exact) mass is 679 g/mol. The number of amides is 2. The maximum absolute atomic E-state index is 14.6. The molecule has 1 N–H and O–H groups in total. The number of hydrogen-bond donors (Lipinski definition) is 1. The highest BCUT2D eigenvalue weighted by Crippen LogP contribution is 2.33. The summed E-state index contributed by atoms with van der Waals surface area (Å²) in [4.78, 5) is 29.8. The number of ether oxygens (including phenoxy) is 1. The Hall–Kier alpha value is -4.41. The van der Waals surface area contributed by atoms with Gasteiger partial charge in [0.15, 0.2) is 0 Å². The molecule has 0 radical (unpaired) electrons. The van der Waals surface area contributed by atoms with Crippen molar-refractivity contribution >= 4 is 39.1 Å². The lowest BCUT2D eigenvalue weighted by molar-refractivity contribution is -0.140. The predicted molar refractivity (Wildman–Crippen MR) is 182 cm³/mol. The van der Waals surface area contributed by atoms with Crippen LogP contribution in [0.2, 0.25) is 5.02 Å². The van der Waals surface area contributed by atoms with Crippen LogP contribution < -0.4 is 14.4 Å². The lowest BCUT2D eigenvalue weighted by atomic mass is 10.0. The van der Waals surface area contributed by atoms with Crippen molar-refractivity contribution in [2.45, 2.75) is 57.1 Å². The number of para-hydroxylation sites is 2. The van der Waals surface area contributed by atoms with E-state index >= 15 is 0 Å². The first-order valence-corrected chi connectivity index (χ1v) is 17.0. The fraction of sp³-hybridized carbons (Fsp3) is 0.278. The number of carbonyl (C=O) groups is 2. The van der Waals surface area contributed by atoms with Gasteiger partial charge in [-0.15, -0.1) is 0 Å². The minimum atomic E-state index is -4.36. The summed E-state index contributed by atoms with van der Waals surface area (Å²) in [6.45, 7) is 6.78. The summed E-state index contributed by atoms with van der Waals surface area (Å²) in [6.07, 6.45) is 0.148. The lowest BCUT2D eigenvalue weighted by Gasteiger charge is -2.35. The number of nitrogens with one attached hydrogen (secondary N) is 1. The van der Waals surface area contributed by atoms with Crippen molar-refractivity contribution < 1.29 is 27.1 Å². The maximum Gasteiger partial charge on any atom is 0.264 e. The van der Waals surface area contributed by atoms with Crippen molar-refractivity contribution in [3.63, 3.8) is 0 Å². The van der Waals surface area contributed by atoms with E-state index in [9.17, 15) is 22.4 Å². The fourth-order valence-corrected chi connectivity index (χ4v) is 6.53. The highest BCUT2D eigenvalue weighted by atomic mass is 35.5. The van der Waals surface area contributed by atoms with Gasteiger partial charge in [-0.25, -0.2) is 12.8 Å². The third-order valence-electron chi connectivity index (χ3n) is 7.15. The number of halogens is 2. The van der Waals surface area contributed by atoms with Crippen LogP contribution in [0, 0.1) is 5.82 Å². The summed E-state index contributed by atoms with van der Waals surface area (Å²) in [7, 11) is -4.36. The van der Waals surface area contributed by atoms with Crippen molar-refractivity contribution in [2.75, 3.05) is 17.5 Å². The molecular weight excluding hydrogens is 641 g/mol. The number of nitrogens with zero attached hydrogens (tertiary/aromatic N) is 2. The van der Waals surface area contributed by atoms with Gasteiger partial charge < -0.3 is 15.0 Å². The van der Waals surface area contributed by atoms with Gasteiger partial charge in [-0.05, 0) is 87.4 Å². The molecule has 0 spiro atoms.